The topological polar surface area (TPSA) is 84.3 Å². The van der Waals surface area contributed by atoms with Crippen LogP contribution in [-0.4, -0.2) is 42.5 Å². The van der Waals surface area contributed by atoms with E-state index in [0.717, 1.165) is 27.4 Å². The van der Waals surface area contributed by atoms with Crippen molar-refractivity contribution < 1.29 is 17.6 Å². The molecule has 0 radical (unpaired) electrons. The molecule has 0 aliphatic carbocycles. The molecule has 1 amide bonds. The summed E-state index contributed by atoms with van der Waals surface area (Å²) in [5.41, 5.74) is 2.55. The zero-order chi connectivity index (χ0) is 26.1. The zero-order valence-corrected chi connectivity index (χ0v) is 22.2. The van der Waals surface area contributed by atoms with Gasteiger partial charge in [-0.2, -0.15) is 5.10 Å². The van der Waals surface area contributed by atoms with Crippen LogP contribution in [0.1, 0.15) is 50.6 Å². The molecule has 1 atom stereocenters. The largest absolute Gasteiger partial charge is 0.350 e. The molecule has 1 heterocycles. The summed E-state index contributed by atoms with van der Waals surface area (Å²) in [6.45, 7) is 7.98. The molecule has 0 spiro atoms. The lowest BCUT2D eigenvalue weighted by molar-refractivity contribution is -0.122. The van der Waals surface area contributed by atoms with Gasteiger partial charge in [0.05, 0.1) is 29.5 Å². The Bertz CT molecular complexity index is 1350. The van der Waals surface area contributed by atoms with E-state index in [1.54, 1.807) is 23.7 Å². The van der Waals surface area contributed by atoms with Gasteiger partial charge in [0.15, 0.2) is 0 Å². The number of hydrogen-bond donors (Lipinski definition) is 1. The number of rotatable bonds is 7. The number of hydrogen-bond acceptors (Lipinski definition) is 4. The van der Waals surface area contributed by atoms with Gasteiger partial charge in [-0.3, -0.25) is 4.79 Å². The van der Waals surface area contributed by atoms with Gasteiger partial charge in [-0.15, -0.1) is 0 Å². The van der Waals surface area contributed by atoms with Crippen LogP contribution in [0.25, 0.3) is 5.69 Å². The molecule has 0 aliphatic rings. The summed E-state index contributed by atoms with van der Waals surface area (Å²) in [4.78, 5) is 12.5. The monoisotopic (exact) mass is 520 g/mol. The van der Waals surface area contributed by atoms with E-state index in [2.05, 4.69) is 26.1 Å². The van der Waals surface area contributed by atoms with Crippen molar-refractivity contribution in [2.45, 2.75) is 50.5 Å². The Morgan fingerprint density at radius 3 is 2.43 bits per heavy atom. The summed E-state index contributed by atoms with van der Waals surface area (Å²) in [6, 6.07) is 12.9. The van der Waals surface area contributed by atoms with Crippen molar-refractivity contribution in [3.63, 3.8) is 0 Å². The molecule has 1 aromatic heterocycles. The molecule has 0 aliphatic heterocycles. The quantitative estimate of drug-likeness (QED) is 0.492. The smallest absolute Gasteiger partial charge is 0.245 e. The van der Waals surface area contributed by atoms with E-state index in [1.165, 1.54) is 26.2 Å². The summed E-state index contributed by atoms with van der Waals surface area (Å²) in [5.74, 6) is -1.93. The van der Waals surface area contributed by atoms with Crippen LogP contribution >= 0.6 is 11.6 Å². The number of amides is 1. The fourth-order valence-electron chi connectivity index (χ4n) is 3.42. The molecule has 10 heteroatoms. The van der Waals surface area contributed by atoms with Gasteiger partial charge >= 0.3 is 0 Å². The Hall–Kier alpha value is -2.75. The minimum absolute atomic E-state index is 0.189. The molecule has 0 saturated heterocycles. The van der Waals surface area contributed by atoms with Crippen molar-refractivity contribution in [3.8, 4) is 5.69 Å². The van der Waals surface area contributed by atoms with Crippen LogP contribution in [0, 0.1) is 5.82 Å². The lowest BCUT2D eigenvalue weighted by atomic mass is 9.92. The third-order valence-corrected chi connectivity index (χ3v) is 7.74. The minimum atomic E-state index is -3.92. The number of sulfonamides is 1. The van der Waals surface area contributed by atoms with Crippen LogP contribution < -0.4 is 5.32 Å². The molecule has 7 nitrogen and oxygen atoms in total. The fraction of sp³-hybridized carbons (Fsp3) is 0.360. The number of nitrogens with one attached hydrogen (secondary N) is 1. The Balaban J connectivity index is 1.83. The number of carbonyl (C=O) groups excluding carboxylic acids is 1. The van der Waals surface area contributed by atoms with Crippen LogP contribution in [0.4, 0.5) is 4.39 Å². The van der Waals surface area contributed by atoms with Gasteiger partial charge in [-0.25, -0.2) is 21.8 Å². The molecule has 1 unspecified atom stereocenters. The molecule has 3 aromatic rings. The number of benzene rings is 2. The molecule has 0 fully saturated rings. The first kappa shape index (κ1) is 26.8. The second kappa shape index (κ2) is 10.1. The van der Waals surface area contributed by atoms with Gasteiger partial charge < -0.3 is 5.32 Å². The van der Waals surface area contributed by atoms with E-state index in [4.69, 9.17) is 16.7 Å². The first-order valence-corrected chi connectivity index (χ1v) is 12.9. The summed E-state index contributed by atoms with van der Waals surface area (Å²) < 4.78 is 41.8. The molecule has 0 bridgehead atoms. The number of aromatic nitrogens is 2. The van der Waals surface area contributed by atoms with Crippen LogP contribution in [0.2, 0.25) is 5.02 Å². The minimum Gasteiger partial charge on any atom is -0.350 e. The molecule has 0 saturated carbocycles. The Labute approximate surface area is 211 Å². The average molecular weight is 521 g/mol. The highest BCUT2D eigenvalue weighted by Crippen LogP contribution is 2.26. The third-order valence-electron chi connectivity index (χ3n) is 5.66. The maximum Gasteiger partial charge on any atom is 0.245 e. The summed E-state index contributed by atoms with van der Waals surface area (Å²) >= 11 is 6.17. The van der Waals surface area contributed by atoms with E-state index < -0.39 is 26.7 Å². The van der Waals surface area contributed by atoms with Gasteiger partial charge in [-0.1, -0.05) is 44.5 Å². The van der Waals surface area contributed by atoms with Crippen molar-refractivity contribution in [2.24, 2.45) is 0 Å². The highest BCUT2D eigenvalue weighted by Gasteiger charge is 2.25. The molecular formula is C25H30ClFN4O3S. The maximum absolute atomic E-state index is 14.6. The van der Waals surface area contributed by atoms with E-state index in [0.29, 0.717) is 10.6 Å². The number of carbonyl (C=O) groups is 1. The van der Waals surface area contributed by atoms with Crippen LogP contribution in [0.5, 0.6) is 0 Å². The summed E-state index contributed by atoms with van der Waals surface area (Å²) in [5, 5.41) is 8.19. The van der Waals surface area contributed by atoms with E-state index >= 15 is 0 Å². The molecule has 2 aromatic carbocycles. The lowest BCUT2D eigenvalue weighted by Gasteiger charge is -2.16. The van der Waals surface area contributed by atoms with Gasteiger partial charge in [0.2, 0.25) is 15.9 Å². The Morgan fingerprint density at radius 1 is 1.17 bits per heavy atom. The number of nitrogens with zero attached hydrogens (tertiary/aromatic N) is 3. The predicted octanol–water partition coefficient (Wildman–Crippen LogP) is 4.63. The summed E-state index contributed by atoms with van der Waals surface area (Å²) in [7, 11) is -1.26. The van der Waals surface area contributed by atoms with Crippen LogP contribution in [0.3, 0.4) is 0 Å². The normalized spacial score (nSPS) is 13.2. The predicted molar refractivity (Wildman–Crippen MR) is 135 cm³/mol. The average Bonchev–Trinajstić information content (AvgIpc) is 3.21. The molecule has 3 rings (SSSR count). The second-order valence-corrected chi connectivity index (χ2v) is 12.1. The van der Waals surface area contributed by atoms with E-state index in [1.807, 2.05) is 18.2 Å². The van der Waals surface area contributed by atoms with Crippen LogP contribution in [0.15, 0.2) is 53.4 Å². The van der Waals surface area contributed by atoms with Gasteiger partial charge in [0.1, 0.15) is 10.7 Å². The van der Waals surface area contributed by atoms with Gasteiger partial charge in [0.25, 0.3) is 0 Å². The third kappa shape index (κ3) is 5.91. The molecule has 1 N–H and O–H groups in total. The maximum atomic E-state index is 14.6. The first-order chi connectivity index (χ1) is 16.2. The molecule has 188 valence electrons. The summed E-state index contributed by atoms with van der Waals surface area (Å²) in [6.07, 6.45) is 0. The first-order valence-electron chi connectivity index (χ1n) is 11.1. The fourth-order valence-corrected chi connectivity index (χ4v) is 4.54. The van der Waals surface area contributed by atoms with Gasteiger partial charge in [-0.05, 0) is 48.9 Å². The highest BCUT2D eigenvalue weighted by atomic mass is 35.5. The van der Waals surface area contributed by atoms with Crippen molar-refractivity contribution in [1.29, 1.82) is 0 Å². The van der Waals surface area contributed by atoms with Crippen molar-refractivity contribution in [2.75, 3.05) is 14.1 Å². The highest BCUT2D eigenvalue weighted by molar-refractivity contribution is 7.89. The van der Waals surface area contributed by atoms with E-state index in [-0.39, 0.29) is 17.9 Å². The van der Waals surface area contributed by atoms with Crippen molar-refractivity contribution in [1.82, 2.24) is 19.4 Å². The van der Waals surface area contributed by atoms with Crippen molar-refractivity contribution in [3.05, 3.63) is 76.3 Å². The zero-order valence-electron chi connectivity index (χ0n) is 20.6. The molecular weight excluding hydrogens is 491 g/mol. The second-order valence-electron chi connectivity index (χ2n) is 9.58. The van der Waals surface area contributed by atoms with Crippen molar-refractivity contribution >= 4 is 27.5 Å². The lowest BCUT2D eigenvalue weighted by Crippen LogP contribution is -2.28. The molecule has 35 heavy (non-hydrogen) atoms. The standard InChI is InChI=1S/C25H30ClFN4O3S/c1-16(17-10-11-22(21(27)12-17)35(33,34)30(5)6)24(32)28-15-20-14-23(25(2,3)4)29-31(20)19-9-7-8-18(26)13-19/h7-14,16H,15H2,1-6H3,(H,28,32). The van der Waals surface area contributed by atoms with E-state index in [9.17, 15) is 17.6 Å². The Kier molecular flexibility index (Phi) is 7.74. The van der Waals surface area contributed by atoms with Gasteiger partial charge in [0, 0.05) is 24.5 Å². The SMILES string of the molecule is CC(C(=O)NCc1cc(C(C)(C)C)nn1-c1cccc(Cl)c1)c1ccc(S(=O)(=O)N(C)C)c(F)c1. The van der Waals surface area contributed by atoms with Crippen LogP contribution in [-0.2, 0) is 26.8 Å². The Morgan fingerprint density at radius 2 is 1.86 bits per heavy atom. The number of halogens is 2.